The van der Waals surface area contributed by atoms with Crippen molar-refractivity contribution >= 4 is 22.6 Å². The van der Waals surface area contributed by atoms with E-state index in [1.54, 1.807) is 4.57 Å². The Morgan fingerprint density at radius 2 is 2.00 bits per heavy atom. The molecule has 3 heterocycles. The molecule has 4 rings (SSSR count). The Kier molecular flexibility index (Phi) is 3.87. The van der Waals surface area contributed by atoms with E-state index in [-0.39, 0.29) is 17.1 Å². The predicted molar refractivity (Wildman–Crippen MR) is 94.9 cm³/mol. The number of nitrogens with zero attached hydrogens (tertiary/aromatic N) is 3. The van der Waals surface area contributed by atoms with Crippen molar-refractivity contribution in [3.63, 3.8) is 0 Å². The molecular weight excluding hydrogens is 341 g/mol. The molecule has 7 nitrogen and oxygen atoms in total. The second-order valence-electron chi connectivity index (χ2n) is 6.98. The lowest BCUT2D eigenvalue weighted by Gasteiger charge is -2.37. The third-order valence-corrected chi connectivity index (χ3v) is 5.07. The van der Waals surface area contributed by atoms with Crippen molar-refractivity contribution in [2.24, 2.45) is 0 Å². The van der Waals surface area contributed by atoms with Gasteiger partial charge in [-0.05, 0) is 20.0 Å². The van der Waals surface area contributed by atoms with Crippen LogP contribution in [0.4, 0.5) is 10.1 Å². The molecule has 0 radical (unpaired) electrons. The number of carboxylic acid groups (broad SMARTS) is 1. The number of rotatable bonds is 2. The van der Waals surface area contributed by atoms with Gasteiger partial charge in [0.05, 0.1) is 17.4 Å². The number of ether oxygens (including phenoxy) is 1. The minimum atomic E-state index is -1.31. The van der Waals surface area contributed by atoms with Crippen LogP contribution in [0.3, 0.4) is 0 Å². The number of likely N-dealkylation sites (N-methyl/N-ethyl adjacent to an activating group) is 1. The van der Waals surface area contributed by atoms with E-state index in [2.05, 4.69) is 4.90 Å². The van der Waals surface area contributed by atoms with E-state index in [0.717, 1.165) is 19.2 Å². The summed E-state index contributed by atoms with van der Waals surface area (Å²) in [5, 5.41) is 9.34. The second kappa shape index (κ2) is 5.98. The molecule has 26 heavy (non-hydrogen) atoms. The first-order chi connectivity index (χ1) is 12.4. The number of halogens is 1. The van der Waals surface area contributed by atoms with E-state index in [9.17, 15) is 14.7 Å². The number of hydrogen-bond acceptors (Lipinski definition) is 5. The van der Waals surface area contributed by atoms with Crippen LogP contribution in [0.1, 0.15) is 17.3 Å². The van der Waals surface area contributed by atoms with E-state index < -0.39 is 17.2 Å². The van der Waals surface area contributed by atoms with Crippen molar-refractivity contribution in [1.82, 2.24) is 9.47 Å². The molecule has 1 N–H and O–H groups in total. The topological polar surface area (TPSA) is 75.0 Å². The standard InChI is InChI=1S/C18H20FN3O4/c1-10-8-22-9-12(18(24)25)16(23)11-7-13(19)15(17(26-10)14(11)22)21-5-3-20(2)4-6-21/h7,9-10H,3-6,8H2,1-2H3,(H,24,25). The normalized spacial score (nSPS) is 20.3. The highest BCUT2D eigenvalue weighted by Crippen LogP contribution is 2.41. The van der Waals surface area contributed by atoms with Crippen LogP contribution < -0.4 is 15.1 Å². The van der Waals surface area contributed by atoms with Crippen molar-refractivity contribution < 1.29 is 19.0 Å². The van der Waals surface area contributed by atoms with Crippen LogP contribution in [0.15, 0.2) is 17.1 Å². The lowest BCUT2D eigenvalue weighted by molar-refractivity contribution is 0.0694. The molecule has 1 unspecified atom stereocenters. The molecule has 0 amide bonds. The van der Waals surface area contributed by atoms with Gasteiger partial charge >= 0.3 is 5.97 Å². The van der Waals surface area contributed by atoms with Gasteiger partial charge in [0, 0.05) is 32.4 Å². The first-order valence-corrected chi connectivity index (χ1v) is 8.60. The zero-order valence-corrected chi connectivity index (χ0v) is 14.7. The van der Waals surface area contributed by atoms with Gasteiger partial charge in [0.25, 0.3) is 0 Å². The van der Waals surface area contributed by atoms with E-state index in [1.807, 2.05) is 18.9 Å². The van der Waals surface area contributed by atoms with Crippen molar-refractivity contribution in [2.45, 2.75) is 19.6 Å². The summed E-state index contributed by atoms with van der Waals surface area (Å²) in [5.74, 6) is -1.54. The molecule has 1 fully saturated rings. The molecule has 1 saturated heterocycles. The van der Waals surface area contributed by atoms with Gasteiger partial charge in [-0.25, -0.2) is 9.18 Å². The molecule has 1 aromatic carbocycles. The van der Waals surface area contributed by atoms with Crippen LogP contribution in [-0.2, 0) is 6.54 Å². The summed E-state index contributed by atoms with van der Waals surface area (Å²) in [6.07, 6.45) is 1.07. The molecule has 2 aliphatic heterocycles. The van der Waals surface area contributed by atoms with Crippen LogP contribution in [0.5, 0.6) is 5.75 Å². The summed E-state index contributed by atoms with van der Waals surface area (Å²) in [6, 6.07) is 1.15. The fourth-order valence-electron chi connectivity index (χ4n) is 3.74. The maximum Gasteiger partial charge on any atom is 0.341 e. The van der Waals surface area contributed by atoms with Gasteiger partial charge in [-0.15, -0.1) is 0 Å². The minimum absolute atomic E-state index is 0.0437. The van der Waals surface area contributed by atoms with Gasteiger partial charge in [-0.2, -0.15) is 0 Å². The van der Waals surface area contributed by atoms with E-state index in [0.29, 0.717) is 36.6 Å². The number of benzene rings is 1. The highest BCUT2D eigenvalue weighted by Gasteiger charge is 2.30. The third kappa shape index (κ3) is 2.52. The van der Waals surface area contributed by atoms with Crippen LogP contribution >= 0.6 is 0 Å². The molecule has 1 atom stereocenters. The lowest BCUT2D eigenvalue weighted by atomic mass is 10.1. The van der Waals surface area contributed by atoms with Gasteiger partial charge in [0.2, 0.25) is 5.43 Å². The SMILES string of the molecule is CC1Cn2cc(C(=O)O)c(=O)c3cc(F)c(N4CCN(C)CC4)c(c32)O1. The molecule has 8 heteroatoms. The molecule has 2 aliphatic rings. The van der Waals surface area contributed by atoms with E-state index in [1.165, 1.54) is 6.20 Å². The Bertz CT molecular complexity index is 963. The van der Waals surface area contributed by atoms with Crippen molar-refractivity contribution in [1.29, 1.82) is 0 Å². The quantitative estimate of drug-likeness (QED) is 0.871. The minimum Gasteiger partial charge on any atom is -0.484 e. The number of aromatic nitrogens is 1. The Morgan fingerprint density at radius 1 is 1.31 bits per heavy atom. The van der Waals surface area contributed by atoms with Crippen LogP contribution in [0.2, 0.25) is 0 Å². The molecule has 0 bridgehead atoms. The van der Waals surface area contributed by atoms with Gasteiger partial charge in [0.15, 0.2) is 11.6 Å². The first kappa shape index (κ1) is 16.8. The average molecular weight is 361 g/mol. The second-order valence-corrected chi connectivity index (χ2v) is 6.98. The van der Waals surface area contributed by atoms with E-state index in [4.69, 9.17) is 4.74 Å². The molecule has 0 aliphatic carbocycles. The molecule has 1 aromatic heterocycles. The first-order valence-electron chi connectivity index (χ1n) is 8.60. The van der Waals surface area contributed by atoms with Gasteiger partial charge in [-0.3, -0.25) is 4.79 Å². The highest BCUT2D eigenvalue weighted by atomic mass is 19.1. The number of anilines is 1. The monoisotopic (exact) mass is 361 g/mol. The van der Waals surface area contributed by atoms with Gasteiger partial charge in [-0.1, -0.05) is 0 Å². The average Bonchev–Trinajstić information content (AvgIpc) is 2.58. The highest BCUT2D eigenvalue weighted by molar-refractivity contribution is 5.97. The molecule has 2 aromatic rings. The number of piperazine rings is 1. The number of pyridine rings is 1. The maximum atomic E-state index is 15.0. The smallest absolute Gasteiger partial charge is 0.341 e. The summed E-state index contributed by atoms with van der Waals surface area (Å²) in [5.41, 5.74) is -0.224. The van der Waals surface area contributed by atoms with E-state index >= 15 is 4.39 Å². The largest absolute Gasteiger partial charge is 0.484 e. The van der Waals surface area contributed by atoms with Crippen LogP contribution in [-0.4, -0.2) is 59.9 Å². The van der Waals surface area contributed by atoms with Crippen LogP contribution in [0.25, 0.3) is 10.9 Å². The fraction of sp³-hybridized carbons (Fsp3) is 0.444. The number of carboxylic acids is 1. The summed E-state index contributed by atoms with van der Waals surface area (Å²) in [7, 11) is 2.02. The Labute approximate surface area is 149 Å². The Morgan fingerprint density at radius 3 is 2.65 bits per heavy atom. The summed E-state index contributed by atoms with van der Waals surface area (Å²) >= 11 is 0. The summed E-state index contributed by atoms with van der Waals surface area (Å²) in [6.45, 7) is 5.15. The zero-order valence-electron chi connectivity index (χ0n) is 14.7. The molecular formula is C18H20FN3O4. The Hall–Kier alpha value is -2.61. The number of hydrogen-bond donors (Lipinski definition) is 1. The fourth-order valence-corrected chi connectivity index (χ4v) is 3.74. The zero-order chi connectivity index (χ0) is 18.6. The number of aromatic carboxylic acids is 1. The molecule has 138 valence electrons. The third-order valence-electron chi connectivity index (χ3n) is 5.07. The van der Waals surface area contributed by atoms with Crippen molar-refractivity contribution in [2.75, 3.05) is 38.1 Å². The number of carbonyl (C=O) groups is 1. The van der Waals surface area contributed by atoms with Gasteiger partial charge in [0.1, 0.15) is 17.4 Å². The van der Waals surface area contributed by atoms with Crippen molar-refractivity contribution in [3.05, 3.63) is 33.9 Å². The molecule has 0 saturated carbocycles. The molecule has 0 spiro atoms. The van der Waals surface area contributed by atoms with Gasteiger partial charge < -0.3 is 24.2 Å². The summed E-state index contributed by atoms with van der Waals surface area (Å²) < 4.78 is 22.7. The van der Waals surface area contributed by atoms with Crippen LogP contribution in [0, 0.1) is 5.82 Å². The predicted octanol–water partition coefficient (Wildman–Crippen LogP) is 1.37. The maximum absolute atomic E-state index is 15.0. The lowest BCUT2D eigenvalue weighted by Crippen LogP contribution is -2.45. The Balaban J connectivity index is 1.99. The van der Waals surface area contributed by atoms with Crippen molar-refractivity contribution in [3.8, 4) is 5.75 Å². The summed E-state index contributed by atoms with van der Waals surface area (Å²) in [4.78, 5) is 28.0.